The first-order valence-corrected chi connectivity index (χ1v) is 7.56. The van der Waals surface area contributed by atoms with Crippen LogP contribution in [0.4, 0.5) is 0 Å². The van der Waals surface area contributed by atoms with Gasteiger partial charge in [-0.1, -0.05) is 69.5 Å². The SMILES string of the molecule is Cc1ccc(CC(CBr)c2cccc(Cl)c2)cc1. The van der Waals surface area contributed by atoms with Gasteiger partial charge < -0.3 is 0 Å². The second-order valence-corrected chi connectivity index (χ2v) is 5.68. The number of hydrogen-bond acceptors (Lipinski definition) is 0. The molecule has 0 aliphatic carbocycles. The smallest absolute Gasteiger partial charge is 0.0408 e. The lowest BCUT2D eigenvalue weighted by Crippen LogP contribution is -2.04. The fourth-order valence-corrected chi connectivity index (χ4v) is 2.83. The minimum atomic E-state index is 0.464. The summed E-state index contributed by atoms with van der Waals surface area (Å²) in [5, 5.41) is 1.75. The summed E-state index contributed by atoms with van der Waals surface area (Å²) in [6, 6.07) is 16.9. The van der Waals surface area contributed by atoms with Gasteiger partial charge in [0.25, 0.3) is 0 Å². The molecule has 0 spiro atoms. The fraction of sp³-hybridized carbons (Fsp3) is 0.250. The highest BCUT2D eigenvalue weighted by atomic mass is 79.9. The van der Waals surface area contributed by atoms with Crippen molar-refractivity contribution in [3.05, 3.63) is 70.2 Å². The largest absolute Gasteiger partial charge is 0.0921 e. The summed E-state index contributed by atoms with van der Waals surface area (Å²) in [6.45, 7) is 2.11. The Labute approximate surface area is 122 Å². The number of halogens is 2. The summed E-state index contributed by atoms with van der Waals surface area (Å²) in [5.74, 6) is 0.464. The average molecular weight is 324 g/mol. The molecule has 1 atom stereocenters. The van der Waals surface area contributed by atoms with Crippen molar-refractivity contribution in [2.75, 3.05) is 5.33 Å². The molecule has 2 heteroatoms. The molecular formula is C16H16BrCl. The van der Waals surface area contributed by atoms with E-state index < -0.39 is 0 Å². The van der Waals surface area contributed by atoms with Crippen LogP contribution in [0.5, 0.6) is 0 Å². The maximum Gasteiger partial charge on any atom is 0.0408 e. The van der Waals surface area contributed by atoms with Crippen molar-refractivity contribution in [2.24, 2.45) is 0 Å². The summed E-state index contributed by atoms with van der Waals surface area (Å²) in [5.41, 5.74) is 3.96. The van der Waals surface area contributed by atoms with Gasteiger partial charge in [-0.15, -0.1) is 0 Å². The van der Waals surface area contributed by atoms with Gasteiger partial charge >= 0.3 is 0 Å². The van der Waals surface area contributed by atoms with Crippen LogP contribution < -0.4 is 0 Å². The third kappa shape index (κ3) is 3.60. The van der Waals surface area contributed by atoms with E-state index in [2.05, 4.69) is 59.3 Å². The van der Waals surface area contributed by atoms with E-state index in [1.54, 1.807) is 0 Å². The third-order valence-electron chi connectivity index (χ3n) is 3.11. The standard InChI is InChI=1S/C16H16BrCl/c1-12-5-7-13(8-6-12)9-15(11-17)14-3-2-4-16(18)10-14/h2-8,10,15H,9,11H2,1H3. The number of rotatable bonds is 4. The Morgan fingerprint density at radius 1 is 1.11 bits per heavy atom. The van der Waals surface area contributed by atoms with Crippen LogP contribution in [0.1, 0.15) is 22.6 Å². The van der Waals surface area contributed by atoms with Gasteiger partial charge in [0.2, 0.25) is 0 Å². The van der Waals surface area contributed by atoms with E-state index in [-0.39, 0.29) is 0 Å². The van der Waals surface area contributed by atoms with E-state index in [1.165, 1.54) is 16.7 Å². The van der Waals surface area contributed by atoms with Gasteiger partial charge in [0, 0.05) is 10.4 Å². The van der Waals surface area contributed by atoms with Crippen LogP contribution in [0.2, 0.25) is 5.02 Å². The Kier molecular flexibility index (Phi) is 4.85. The summed E-state index contributed by atoms with van der Waals surface area (Å²) < 4.78 is 0. The monoisotopic (exact) mass is 322 g/mol. The van der Waals surface area contributed by atoms with Crippen LogP contribution in [0, 0.1) is 6.92 Å². The van der Waals surface area contributed by atoms with Crippen molar-refractivity contribution in [2.45, 2.75) is 19.3 Å². The Hall–Kier alpha value is -0.790. The molecule has 0 saturated carbocycles. The molecule has 2 rings (SSSR count). The highest BCUT2D eigenvalue weighted by Gasteiger charge is 2.11. The van der Waals surface area contributed by atoms with Crippen molar-refractivity contribution in [1.29, 1.82) is 0 Å². The quantitative estimate of drug-likeness (QED) is 0.664. The van der Waals surface area contributed by atoms with E-state index in [1.807, 2.05) is 12.1 Å². The van der Waals surface area contributed by atoms with Crippen LogP contribution in [0.3, 0.4) is 0 Å². The van der Waals surface area contributed by atoms with E-state index >= 15 is 0 Å². The summed E-state index contributed by atoms with van der Waals surface area (Å²) in [4.78, 5) is 0. The van der Waals surface area contributed by atoms with Gasteiger partial charge in [-0.3, -0.25) is 0 Å². The van der Waals surface area contributed by atoms with Gasteiger partial charge in [-0.05, 0) is 42.5 Å². The zero-order chi connectivity index (χ0) is 13.0. The molecule has 0 fully saturated rings. The van der Waals surface area contributed by atoms with Gasteiger partial charge in [0.1, 0.15) is 0 Å². The Morgan fingerprint density at radius 2 is 1.83 bits per heavy atom. The molecule has 0 bridgehead atoms. The van der Waals surface area contributed by atoms with E-state index in [0.717, 1.165) is 16.8 Å². The van der Waals surface area contributed by atoms with Gasteiger partial charge in [0.15, 0.2) is 0 Å². The predicted molar refractivity (Wildman–Crippen MR) is 82.9 cm³/mol. The highest BCUT2D eigenvalue weighted by Crippen LogP contribution is 2.25. The summed E-state index contributed by atoms with van der Waals surface area (Å²) in [7, 11) is 0. The topological polar surface area (TPSA) is 0 Å². The van der Waals surface area contributed by atoms with Gasteiger partial charge in [-0.25, -0.2) is 0 Å². The van der Waals surface area contributed by atoms with Crippen molar-refractivity contribution in [3.8, 4) is 0 Å². The van der Waals surface area contributed by atoms with Crippen LogP contribution in [0.25, 0.3) is 0 Å². The summed E-state index contributed by atoms with van der Waals surface area (Å²) >= 11 is 9.66. The highest BCUT2D eigenvalue weighted by molar-refractivity contribution is 9.09. The van der Waals surface area contributed by atoms with Crippen molar-refractivity contribution < 1.29 is 0 Å². The first-order chi connectivity index (χ1) is 8.69. The first-order valence-electron chi connectivity index (χ1n) is 6.06. The zero-order valence-corrected chi connectivity index (χ0v) is 12.7. The molecule has 0 amide bonds. The van der Waals surface area contributed by atoms with Crippen LogP contribution in [0.15, 0.2) is 48.5 Å². The first kappa shape index (κ1) is 13.6. The molecule has 0 saturated heterocycles. The second kappa shape index (κ2) is 6.40. The van der Waals surface area contributed by atoms with E-state index in [9.17, 15) is 0 Å². The van der Waals surface area contributed by atoms with Crippen LogP contribution in [-0.4, -0.2) is 5.33 Å². The van der Waals surface area contributed by atoms with E-state index in [0.29, 0.717) is 5.92 Å². The number of alkyl halides is 1. The maximum atomic E-state index is 6.05. The maximum absolute atomic E-state index is 6.05. The second-order valence-electron chi connectivity index (χ2n) is 4.60. The molecule has 0 radical (unpaired) electrons. The normalized spacial score (nSPS) is 12.4. The molecule has 18 heavy (non-hydrogen) atoms. The van der Waals surface area contributed by atoms with Gasteiger partial charge in [0.05, 0.1) is 0 Å². The van der Waals surface area contributed by atoms with Crippen LogP contribution >= 0.6 is 27.5 Å². The lowest BCUT2D eigenvalue weighted by Gasteiger charge is -2.15. The Bertz CT molecular complexity index is 505. The zero-order valence-electron chi connectivity index (χ0n) is 10.4. The van der Waals surface area contributed by atoms with Crippen molar-refractivity contribution in [1.82, 2.24) is 0 Å². The predicted octanol–water partition coefficient (Wildman–Crippen LogP) is 5.37. The van der Waals surface area contributed by atoms with Crippen molar-refractivity contribution in [3.63, 3.8) is 0 Å². The Balaban J connectivity index is 2.17. The average Bonchev–Trinajstić information content (AvgIpc) is 2.38. The van der Waals surface area contributed by atoms with Crippen molar-refractivity contribution >= 4 is 27.5 Å². The lowest BCUT2D eigenvalue weighted by molar-refractivity contribution is 0.775. The molecule has 0 aliphatic heterocycles. The number of benzene rings is 2. The minimum Gasteiger partial charge on any atom is -0.0921 e. The molecular weight excluding hydrogens is 308 g/mol. The Morgan fingerprint density at radius 3 is 2.44 bits per heavy atom. The lowest BCUT2D eigenvalue weighted by atomic mass is 9.93. The minimum absolute atomic E-state index is 0.464. The number of hydrogen-bond donors (Lipinski definition) is 0. The third-order valence-corrected chi connectivity index (χ3v) is 4.13. The van der Waals surface area contributed by atoms with Crippen LogP contribution in [-0.2, 0) is 6.42 Å². The van der Waals surface area contributed by atoms with Gasteiger partial charge in [-0.2, -0.15) is 0 Å². The molecule has 1 unspecified atom stereocenters. The van der Waals surface area contributed by atoms with E-state index in [4.69, 9.17) is 11.6 Å². The fourth-order valence-electron chi connectivity index (χ4n) is 2.03. The molecule has 0 aliphatic rings. The molecule has 0 heterocycles. The molecule has 0 nitrogen and oxygen atoms in total. The number of aryl methyl sites for hydroxylation is 1. The molecule has 2 aromatic rings. The molecule has 2 aromatic carbocycles. The molecule has 0 N–H and O–H groups in total. The summed E-state index contributed by atoms with van der Waals surface area (Å²) in [6.07, 6.45) is 1.03. The molecule has 0 aromatic heterocycles. The molecule has 94 valence electrons.